The molecule has 0 aliphatic heterocycles. The summed E-state index contributed by atoms with van der Waals surface area (Å²) in [6.45, 7) is 2.10. The van der Waals surface area contributed by atoms with Crippen LogP contribution in [0, 0.1) is 0 Å². The number of Topliss-reactive ketones (excluding diaryl/α,β-unsaturated/α-hetero) is 1. The smallest absolute Gasteiger partial charge is 0.159 e. The summed E-state index contributed by atoms with van der Waals surface area (Å²) in [6, 6.07) is 3.40. The predicted octanol–water partition coefficient (Wildman–Crippen LogP) is 0.713. The Morgan fingerprint density at radius 2 is 2.36 bits per heavy atom. The topological polar surface area (TPSA) is 53.4 Å². The molecule has 1 aromatic heterocycles. The summed E-state index contributed by atoms with van der Waals surface area (Å²) in [5, 5.41) is 8.74. The van der Waals surface area contributed by atoms with Crippen molar-refractivity contribution in [3.63, 3.8) is 0 Å². The fourth-order valence-corrected chi connectivity index (χ4v) is 1.11. The minimum Gasteiger partial charge on any atom is -0.395 e. The van der Waals surface area contributed by atoms with Gasteiger partial charge in [0.05, 0.1) is 6.61 Å². The van der Waals surface area contributed by atoms with E-state index < -0.39 is 0 Å². The standard InChI is InChI=1S/C10H14N2O2/c1-8(14)9-3-4-11-10(7-9)12(2)5-6-13/h3-4,7,13H,5-6H2,1-2H3. The van der Waals surface area contributed by atoms with E-state index in [1.54, 1.807) is 23.2 Å². The van der Waals surface area contributed by atoms with Gasteiger partial charge >= 0.3 is 0 Å². The normalized spacial score (nSPS) is 9.93. The lowest BCUT2D eigenvalue weighted by atomic mass is 10.2. The molecule has 76 valence electrons. The first-order chi connectivity index (χ1) is 6.65. The van der Waals surface area contributed by atoms with Gasteiger partial charge in [0.1, 0.15) is 5.82 Å². The van der Waals surface area contributed by atoms with Crippen LogP contribution in [0.3, 0.4) is 0 Å². The SMILES string of the molecule is CC(=O)c1ccnc(N(C)CCO)c1. The summed E-state index contributed by atoms with van der Waals surface area (Å²) < 4.78 is 0. The molecule has 1 N–H and O–H groups in total. The highest BCUT2D eigenvalue weighted by atomic mass is 16.3. The van der Waals surface area contributed by atoms with E-state index in [9.17, 15) is 4.79 Å². The monoisotopic (exact) mass is 194 g/mol. The van der Waals surface area contributed by atoms with Crippen LogP contribution in [0.25, 0.3) is 0 Å². The van der Waals surface area contributed by atoms with Crippen LogP contribution in [-0.2, 0) is 0 Å². The summed E-state index contributed by atoms with van der Waals surface area (Å²) in [4.78, 5) is 17.0. The van der Waals surface area contributed by atoms with E-state index >= 15 is 0 Å². The van der Waals surface area contributed by atoms with E-state index in [-0.39, 0.29) is 12.4 Å². The molecule has 0 unspecified atom stereocenters. The molecule has 0 atom stereocenters. The van der Waals surface area contributed by atoms with E-state index in [4.69, 9.17) is 5.11 Å². The number of pyridine rings is 1. The highest BCUT2D eigenvalue weighted by Crippen LogP contribution is 2.10. The average Bonchev–Trinajstić information content (AvgIpc) is 2.18. The van der Waals surface area contributed by atoms with E-state index in [1.165, 1.54) is 6.92 Å². The number of hydrogen-bond donors (Lipinski definition) is 1. The van der Waals surface area contributed by atoms with Gasteiger partial charge in [-0.25, -0.2) is 4.98 Å². The van der Waals surface area contributed by atoms with Crippen LogP contribution in [0.4, 0.5) is 5.82 Å². The zero-order valence-corrected chi connectivity index (χ0v) is 8.40. The van der Waals surface area contributed by atoms with Crippen molar-refractivity contribution in [1.82, 2.24) is 4.98 Å². The van der Waals surface area contributed by atoms with Crippen molar-refractivity contribution in [2.24, 2.45) is 0 Å². The molecule has 4 heteroatoms. The van der Waals surface area contributed by atoms with E-state index in [2.05, 4.69) is 4.98 Å². The maximum Gasteiger partial charge on any atom is 0.159 e. The van der Waals surface area contributed by atoms with Crippen LogP contribution < -0.4 is 4.90 Å². The number of anilines is 1. The van der Waals surface area contributed by atoms with Crippen molar-refractivity contribution in [2.75, 3.05) is 25.1 Å². The summed E-state index contributed by atoms with van der Waals surface area (Å²) >= 11 is 0. The first-order valence-electron chi connectivity index (χ1n) is 4.44. The van der Waals surface area contributed by atoms with Crippen LogP contribution >= 0.6 is 0 Å². The number of nitrogens with zero attached hydrogens (tertiary/aromatic N) is 2. The van der Waals surface area contributed by atoms with Crippen molar-refractivity contribution in [3.05, 3.63) is 23.9 Å². The van der Waals surface area contributed by atoms with Crippen LogP contribution in [0.5, 0.6) is 0 Å². The van der Waals surface area contributed by atoms with Gasteiger partial charge in [-0.2, -0.15) is 0 Å². The molecule has 0 saturated heterocycles. The lowest BCUT2D eigenvalue weighted by Gasteiger charge is -2.16. The Bertz CT molecular complexity index is 326. The second kappa shape index (κ2) is 4.72. The molecule has 0 radical (unpaired) electrons. The molecule has 0 aromatic carbocycles. The number of aliphatic hydroxyl groups excluding tert-OH is 1. The van der Waals surface area contributed by atoms with Gasteiger partial charge in [-0.1, -0.05) is 0 Å². The summed E-state index contributed by atoms with van der Waals surface area (Å²) in [5.74, 6) is 0.720. The van der Waals surface area contributed by atoms with E-state index in [1.807, 2.05) is 7.05 Å². The van der Waals surface area contributed by atoms with E-state index in [0.717, 1.165) is 0 Å². The fraction of sp³-hybridized carbons (Fsp3) is 0.400. The van der Waals surface area contributed by atoms with Crippen LogP contribution in [0.1, 0.15) is 17.3 Å². The highest BCUT2D eigenvalue weighted by Gasteiger charge is 2.04. The molecule has 0 fully saturated rings. The Morgan fingerprint density at radius 1 is 1.64 bits per heavy atom. The Kier molecular flexibility index (Phi) is 3.59. The van der Waals surface area contributed by atoms with E-state index in [0.29, 0.717) is 17.9 Å². The van der Waals surface area contributed by atoms with Gasteiger partial charge in [-0.3, -0.25) is 4.79 Å². The molecular formula is C10H14N2O2. The maximum absolute atomic E-state index is 11.1. The third-order valence-corrected chi connectivity index (χ3v) is 1.98. The van der Waals surface area contributed by atoms with Gasteiger partial charge in [-0.05, 0) is 19.1 Å². The molecule has 0 spiro atoms. The maximum atomic E-state index is 11.1. The lowest BCUT2D eigenvalue weighted by molar-refractivity contribution is 0.101. The quantitative estimate of drug-likeness (QED) is 0.717. The van der Waals surface area contributed by atoms with Crippen LogP contribution in [0.2, 0.25) is 0 Å². The number of ketones is 1. The molecular weight excluding hydrogens is 180 g/mol. The van der Waals surface area contributed by atoms with Gasteiger partial charge in [0.15, 0.2) is 5.78 Å². The molecule has 0 aliphatic rings. The summed E-state index contributed by atoms with van der Waals surface area (Å²) in [5.41, 5.74) is 0.639. The van der Waals surface area contributed by atoms with Crippen LogP contribution in [-0.4, -0.2) is 36.1 Å². The van der Waals surface area contributed by atoms with Crippen LogP contribution in [0.15, 0.2) is 18.3 Å². The number of carbonyl (C=O) groups excluding carboxylic acids is 1. The number of hydrogen-bond acceptors (Lipinski definition) is 4. The Hall–Kier alpha value is -1.42. The molecule has 1 heterocycles. The lowest BCUT2D eigenvalue weighted by Crippen LogP contribution is -2.22. The minimum absolute atomic E-state index is 0.0195. The second-order valence-electron chi connectivity index (χ2n) is 3.10. The van der Waals surface area contributed by atoms with Gasteiger partial charge < -0.3 is 10.0 Å². The number of aliphatic hydroxyl groups is 1. The zero-order chi connectivity index (χ0) is 10.6. The second-order valence-corrected chi connectivity index (χ2v) is 3.10. The third-order valence-electron chi connectivity index (χ3n) is 1.98. The highest BCUT2D eigenvalue weighted by molar-refractivity contribution is 5.94. The molecule has 0 amide bonds. The third kappa shape index (κ3) is 2.53. The van der Waals surface area contributed by atoms with Gasteiger partial charge in [0.2, 0.25) is 0 Å². The minimum atomic E-state index is 0.0195. The molecule has 1 rings (SSSR count). The van der Waals surface area contributed by atoms with Gasteiger partial charge in [0.25, 0.3) is 0 Å². The molecule has 0 aliphatic carbocycles. The number of likely N-dealkylation sites (N-methyl/N-ethyl adjacent to an activating group) is 1. The predicted molar refractivity (Wildman–Crippen MR) is 54.6 cm³/mol. The largest absolute Gasteiger partial charge is 0.395 e. The number of aromatic nitrogens is 1. The van der Waals surface area contributed by atoms with Gasteiger partial charge in [0, 0.05) is 25.4 Å². The number of carbonyl (C=O) groups is 1. The van der Waals surface area contributed by atoms with Crippen molar-refractivity contribution in [3.8, 4) is 0 Å². The summed E-state index contributed by atoms with van der Waals surface area (Å²) in [7, 11) is 1.82. The Balaban J connectivity index is 2.87. The van der Waals surface area contributed by atoms with Crippen molar-refractivity contribution >= 4 is 11.6 Å². The number of rotatable bonds is 4. The van der Waals surface area contributed by atoms with Crippen molar-refractivity contribution in [2.45, 2.75) is 6.92 Å². The molecule has 0 bridgehead atoms. The van der Waals surface area contributed by atoms with Crippen molar-refractivity contribution < 1.29 is 9.90 Å². The first kappa shape index (κ1) is 10.7. The Morgan fingerprint density at radius 3 is 2.93 bits per heavy atom. The molecule has 4 nitrogen and oxygen atoms in total. The fourth-order valence-electron chi connectivity index (χ4n) is 1.11. The molecule has 0 saturated carbocycles. The van der Waals surface area contributed by atoms with Crippen molar-refractivity contribution in [1.29, 1.82) is 0 Å². The van der Waals surface area contributed by atoms with Gasteiger partial charge in [-0.15, -0.1) is 0 Å². The Labute approximate surface area is 83.2 Å². The molecule has 14 heavy (non-hydrogen) atoms. The summed E-state index contributed by atoms with van der Waals surface area (Å²) in [6.07, 6.45) is 1.60. The molecule has 1 aromatic rings. The first-order valence-corrected chi connectivity index (χ1v) is 4.44. The zero-order valence-electron chi connectivity index (χ0n) is 8.40. The average molecular weight is 194 g/mol.